The summed E-state index contributed by atoms with van der Waals surface area (Å²) in [7, 11) is 0. The van der Waals surface area contributed by atoms with E-state index in [1.54, 1.807) is 12.2 Å². The zero-order valence-electron chi connectivity index (χ0n) is 32.0. The second kappa shape index (κ2) is 25.4. The van der Waals surface area contributed by atoms with Gasteiger partial charge >= 0.3 is 11.9 Å². The van der Waals surface area contributed by atoms with E-state index < -0.39 is 0 Å². The van der Waals surface area contributed by atoms with Crippen LogP contribution in [0.4, 0.5) is 11.4 Å². The molecule has 0 spiro atoms. The fourth-order valence-electron chi connectivity index (χ4n) is 5.66. The summed E-state index contributed by atoms with van der Waals surface area (Å²) in [5, 5.41) is 0. The molecule has 3 rings (SSSR count). The van der Waals surface area contributed by atoms with Crippen LogP contribution >= 0.6 is 0 Å². The molecule has 0 amide bonds. The fourth-order valence-corrected chi connectivity index (χ4v) is 5.66. The van der Waals surface area contributed by atoms with Crippen LogP contribution < -0.4 is 0 Å². The highest BCUT2D eigenvalue weighted by molar-refractivity contribution is 5.88. The molecule has 0 N–H and O–H groups in total. The third-order valence-corrected chi connectivity index (χ3v) is 8.83. The average Bonchev–Trinajstić information content (AvgIpc) is 3.15. The minimum Gasteiger partial charge on any atom is -0.460 e. The molecule has 0 saturated heterocycles. The largest absolute Gasteiger partial charge is 0.460 e. The normalized spacial score (nSPS) is 13.0. The Kier molecular flexibility index (Phi) is 20.4. The molecule has 0 saturated carbocycles. The van der Waals surface area contributed by atoms with Crippen molar-refractivity contribution in [3.8, 4) is 0 Å². The Balaban J connectivity index is 1.38. The van der Waals surface area contributed by atoms with E-state index in [9.17, 15) is 9.59 Å². The Bertz CT molecular complexity index is 1430. The van der Waals surface area contributed by atoms with Crippen LogP contribution in [-0.4, -0.2) is 36.6 Å². The number of hydrogen-bond donors (Lipinski definition) is 0. The van der Waals surface area contributed by atoms with Crippen LogP contribution in [0.15, 0.2) is 94.9 Å². The summed E-state index contributed by atoms with van der Waals surface area (Å²) in [5.41, 5.74) is 5.43. The smallest absolute Gasteiger partial charge is 0.331 e. The van der Waals surface area contributed by atoms with E-state index >= 15 is 0 Å². The van der Waals surface area contributed by atoms with E-state index in [1.807, 2.05) is 99.1 Å². The molecule has 0 radical (unpaired) electrons. The number of carbonyl (C=O) groups is 2. The highest BCUT2D eigenvalue weighted by atomic mass is 16.5. The number of ether oxygens (including phenoxy) is 2. The van der Waals surface area contributed by atoms with Crippen LogP contribution in [0.25, 0.3) is 12.2 Å². The lowest BCUT2D eigenvalue weighted by atomic mass is 10.1. The van der Waals surface area contributed by atoms with Gasteiger partial charge in [0.25, 0.3) is 0 Å². The lowest BCUT2D eigenvalue weighted by Crippen LogP contribution is -2.12. The summed E-state index contributed by atoms with van der Waals surface area (Å²) in [6.45, 7) is 8.38. The zero-order chi connectivity index (χ0) is 37.2. The zero-order valence-corrected chi connectivity index (χ0v) is 32.0. The molecule has 0 aromatic heterocycles. The van der Waals surface area contributed by atoms with Gasteiger partial charge in [-0.3, -0.25) is 9.98 Å². The second-order valence-electron chi connectivity index (χ2n) is 13.6. The lowest BCUT2D eigenvalue weighted by Gasteiger charge is -2.11. The monoisotopic (exact) mass is 704 g/mol. The maximum atomic E-state index is 12.2. The fraction of sp³-hybridized carbons (Fsp3) is 0.435. The van der Waals surface area contributed by atoms with Crippen molar-refractivity contribution >= 4 is 47.9 Å². The van der Waals surface area contributed by atoms with Crippen molar-refractivity contribution in [2.24, 2.45) is 9.98 Å². The summed E-state index contributed by atoms with van der Waals surface area (Å²) >= 11 is 0. The number of rotatable bonds is 24. The Morgan fingerprint density at radius 1 is 0.500 bits per heavy atom. The van der Waals surface area contributed by atoms with Gasteiger partial charge < -0.3 is 9.47 Å². The third-order valence-electron chi connectivity index (χ3n) is 8.83. The number of benzene rings is 3. The molecule has 0 unspecified atom stereocenters. The molecule has 0 bridgehead atoms. The van der Waals surface area contributed by atoms with Crippen molar-refractivity contribution < 1.29 is 19.1 Å². The van der Waals surface area contributed by atoms with Gasteiger partial charge in [0, 0.05) is 24.6 Å². The standard InChI is InChI=1S/C46H60N2O4/c1-5-7-9-11-13-15-17-37(3)51-45(49)33-27-39-23-29-43(30-24-39)47-35-41-19-21-42(22-20-41)36-48-44-31-25-40(26-32-44)28-34-46(50)52-38(4)18-16-14-12-10-8-6-2/h19-38H,5-18H2,1-4H3/b33-27+,34-28+,47-35?,48-36?/t37-,38-/m0/s1. The second-order valence-corrected chi connectivity index (χ2v) is 13.6. The predicted octanol–water partition coefficient (Wildman–Crippen LogP) is 12.6. The molecule has 0 heterocycles. The first-order valence-corrected chi connectivity index (χ1v) is 19.5. The molecule has 3 aromatic rings. The summed E-state index contributed by atoms with van der Waals surface area (Å²) in [6, 6.07) is 23.5. The van der Waals surface area contributed by atoms with Crippen molar-refractivity contribution in [2.45, 2.75) is 130 Å². The number of esters is 2. The molecule has 3 aromatic carbocycles. The van der Waals surface area contributed by atoms with Gasteiger partial charge in [-0.05, 0) is 98.2 Å². The lowest BCUT2D eigenvalue weighted by molar-refractivity contribution is -0.143. The van der Waals surface area contributed by atoms with Gasteiger partial charge in [-0.25, -0.2) is 9.59 Å². The quantitative estimate of drug-likeness (QED) is 0.0402. The highest BCUT2D eigenvalue weighted by Crippen LogP contribution is 2.17. The third kappa shape index (κ3) is 18.6. The summed E-state index contributed by atoms with van der Waals surface area (Å²) < 4.78 is 11.1. The van der Waals surface area contributed by atoms with Gasteiger partial charge in [-0.15, -0.1) is 0 Å². The van der Waals surface area contributed by atoms with Crippen LogP contribution in [0.5, 0.6) is 0 Å². The van der Waals surface area contributed by atoms with Crippen LogP contribution in [-0.2, 0) is 19.1 Å². The van der Waals surface area contributed by atoms with Crippen LogP contribution in [0.2, 0.25) is 0 Å². The molecular weight excluding hydrogens is 645 g/mol. The number of aliphatic imine (C=N–C) groups is 2. The van der Waals surface area contributed by atoms with Gasteiger partial charge in [0.15, 0.2) is 0 Å². The summed E-state index contributed by atoms with van der Waals surface area (Å²) in [4.78, 5) is 33.6. The molecule has 0 aliphatic heterocycles. The van der Waals surface area contributed by atoms with Crippen LogP contribution in [0.3, 0.4) is 0 Å². The molecule has 52 heavy (non-hydrogen) atoms. The van der Waals surface area contributed by atoms with Crippen molar-refractivity contribution in [2.75, 3.05) is 0 Å². The first-order chi connectivity index (χ1) is 25.3. The maximum Gasteiger partial charge on any atom is 0.331 e. The summed E-state index contributed by atoms with van der Waals surface area (Å²) in [6.07, 6.45) is 26.7. The number of hydrogen-bond acceptors (Lipinski definition) is 6. The number of unbranched alkanes of at least 4 members (excludes halogenated alkanes) is 10. The van der Waals surface area contributed by atoms with E-state index in [0.29, 0.717) is 0 Å². The Labute approximate surface area is 313 Å². The molecule has 0 fully saturated rings. The Morgan fingerprint density at radius 2 is 0.827 bits per heavy atom. The first kappa shape index (κ1) is 41.8. The van der Waals surface area contributed by atoms with E-state index in [1.165, 1.54) is 76.4 Å². The minimum atomic E-state index is -0.307. The SMILES string of the molecule is CCCCCCCC[C@H](C)OC(=O)/C=C/c1ccc(N=Cc2ccc(C=Nc3ccc(/C=C/C(=O)O[C@@H](C)CCCCCCCC)cc3)cc2)cc1. The summed E-state index contributed by atoms with van der Waals surface area (Å²) in [5.74, 6) is -0.613. The Hall–Kier alpha value is -4.58. The predicted molar refractivity (Wildman–Crippen MR) is 219 cm³/mol. The number of nitrogens with zero attached hydrogens (tertiary/aromatic N) is 2. The van der Waals surface area contributed by atoms with E-state index in [2.05, 4.69) is 23.8 Å². The van der Waals surface area contributed by atoms with Crippen LogP contribution in [0.1, 0.15) is 140 Å². The van der Waals surface area contributed by atoms with Crippen LogP contribution in [0, 0.1) is 0 Å². The van der Waals surface area contributed by atoms with Gasteiger partial charge in [-0.2, -0.15) is 0 Å². The molecule has 278 valence electrons. The molecule has 6 nitrogen and oxygen atoms in total. The average molecular weight is 705 g/mol. The molecule has 2 atom stereocenters. The van der Waals surface area contributed by atoms with E-state index in [0.717, 1.165) is 59.3 Å². The van der Waals surface area contributed by atoms with Gasteiger partial charge in [0.05, 0.1) is 23.6 Å². The van der Waals surface area contributed by atoms with Gasteiger partial charge in [0.1, 0.15) is 0 Å². The molecule has 6 heteroatoms. The minimum absolute atomic E-state index is 0.0685. The van der Waals surface area contributed by atoms with Crippen molar-refractivity contribution in [3.63, 3.8) is 0 Å². The molecule has 0 aliphatic rings. The Morgan fingerprint density at radius 3 is 1.19 bits per heavy atom. The maximum absolute atomic E-state index is 12.2. The van der Waals surface area contributed by atoms with Crippen molar-refractivity contribution in [1.82, 2.24) is 0 Å². The van der Waals surface area contributed by atoms with E-state index in [4.69, 9.17) is 9.47 Å². The van der Waals surface area contributed by atoms with E-state index in [-0.39, 0.29) is 24.1 Å². The van der Waals surface area contributed by atoms with Gasteiger partial charge in [0.2, 0.25) is 0 Å². The number of carbonyl (C=O) groups excluding carboxylic acids is 2. The first-order valence-electron chi connectivity index (χ1n) is 19.5. The van der Waals surface area contributed by atoms with Gasteiger partial charge in [-0.1, -0.05) is 127 Å². The topological polar surface area (TPSA) is 77.3 Å². The highest BCUT2D eigenvalue weighted by Gasteiger charge is 2.08. The van der Waals surface area contributed by atoms with Crippen molar-refractivity contribution in [1.29, 1.82) is 0 Å². The van der Waals surface area contributed by atoms with Crippen molar-refractivity contribution in [3.05, 3.63) is 107 Å². The molecule has 0 aliphatic carbocycles. The molecular formula is C46H60N2O4.